The van der Waals surface area contributed by atoms with Crippen LogP contribution in [0.4, 0.5) is 0 Å². The van der Waals surface area contributed by atoms with Gasteiger partial charge in [0.25, 0.3) is 0 Å². The third-order valence-corrected chi connectivity index (χ3v) is 4.02. The zero-order valence-corrected chi connectivity index (χ0v) is 9.80. The quantitative estimate of drug-likeness (QED) is 0.829. The molecule has 2 rings (SSSR count). The minimum absolute atomic E-state index is 0.277. The van der Waals surface area contributed by atoms with Gasteiger partial charge in [0.15, 0.2) is 0 Å². The van der Waals surface area contributed by atoms with Crippen LogP contribution in [0, 0.1) is 0 Å². The Balaban J connectivity index is 1.84. The van der Waals surface area contributed by atoms with E-state index in [0.29, 0.717) is 6.04 Å². The topological polar surface area (TPSA) is 32.3 Å². The van der Waals surface area contributed by atoms with Crippen molar-refractivity contribution in [1.29, 1.82) is 0 Å². The second kappa shape index (κ2) is 5.64. The van der Waals surface area contributed by atoms with Gasteiger partial charge in [-0.2, -0.15) is 0 Å². The number of hydrogen-bond donors (Lipinski definition) is 2. The molecule has 0 aromatic carbocycles. The van der Waals surface area contributed by atoms with Crippen molar-refractivity contribution in [1.82, 2.24) is 5.32 Å². The Morgan fingerprint density at radius 1 is 1.47 bits per heavy atom. The van der Waals surface area contributed by atoms with Gasteiger partial charge in [-0.3, -0.25) is 0 Å². The average molecular weight is 225 g/mol. The minimum Gasteiger partial charge on any atom is -0.388 e. The number of rotatable bonds is 3. The van der Waals surface area contributed by atoms with Crippen molar-refractivity contribution in [2.75, 3.05) is 6.54 Å². The molecule has 3 heteroatoms. The standard InChI is InChI=1S/C12H19NOS/c14-11(12-6-4-8-15-12)9-10-5-2-1-3-7-13-10/h4,6,8,10-11,13-14H,1-3,5,7,9H2/t10-,11-/m0/s1. The van der Waals surface area contributed by atoms with Gasteiger partial charge < -0.3 is 10.4 Å². The van der Waals surface area contributed by atoms with Gasteiger partial charge in [-0.05, 0) is 37.3 Å². The molecule has 1 fully saturated rings. The molecule has 84 valence electrons. The highest BCUT2D eigenvalue weighted by Gasteiger charge is 2.17. The van der Waals surface area contributed by atoms with Gasteiger partial charge in [0.2, 0.25) is 0 Å². The molecule has 0 bridgehead atoms. The Hall–Kier alpha value is -0.380. The van der Waals surface area contributed by atoms with Crippen LogP contribution in [0.15, 0.2) is 17.5 Å². The minimum atomic E-state index is -0.277. The molecular formula is C12H19NOS. The SMILES string of the molecule is O[C@@H](C[C@@H]1CCCCCN1)c1cccs1. The van der Waals surface area contributed by atoms with Crippen LogP contribution in [0.2, 0.25) is 0 Å². The molecule has 1 aliphatic heterocycles. The zero-order chi connectivity index (χ0) is 10.5. The van der Waals surface area contributed by atoms with E-state index in [2.05, 4.69) is 5.32 Å². The third-order valence-electron chi connectivity index (χ3n) is 3.04. The van der Waals surface area contributed by atoms with Crippen LogP contribution in [0.1, 0.15) is 43.1 Å². The summed E-state index contributed by atoms with van der Waals surface area (Å²) in [4.78, 5) is 1.10. The van der Waals surface area contributed by atoms with Gasteiger partial charge in [-0.25, -0.2) is 0 Å². The summed E-state index contributed by atoms with van der Waals surface area (Å²) in [6.45, 7) is 1.11. The van der Waals surface area contributed by atoms with Gasteiger partial charge >= 0.3 is 0 Å². The summed E-state index contributed by atoms with van der Waals surface area (Å²) < 4.78 is 0. The highest BCUT2D eigenvalue weighted by Crippen LogP contribution is 2.25. The van der Waals surface area contributed by atoms with Crippen molar-refractivity contribution < 1.29 is 5.11 Å². The van der Waals surface area contributed by atoms with Crippen molar-refractivity contribution in [3.05, 3.63) is 22.4 Å². The van der Waals surface area contributed by atoms with E-state index in [1.54, 1.807) is 11.3 Å². The molecule has 0 spiro atoms. The Kier molecular flexibility index (Phi) is 4.18. The first-order valence-electron chi connectivity index (χ1n) is 5.81. The lowest BCUT2D eigenvalue weighted by molar-refractivity contribution is 0.154. The van der Waals surface area contributed by atoms with Crippen molar-refractivity contribution >= 4 is 11.3 Å². The second-order valence-electron chi connectivity index (χ2n) is 4.27. The van der Waals surface area contributed by atoms with Gasteiger partial charge in [-0.15, -0.1) is 11.3 Å². The monoisotopic (exact) mass is 225 g/mol. The van der Waals surface area contributed by atoms with Gasteiger partial charge in [-0.1, -0.05) is 18.9 Å². The summed E-state index contributed by atoms with van der Waals surface area (Å²) in [5.41, 5.74) is 0. The molecule has 0 saturated carbocycles. The third kappa shape index (κ3) is 3.30. The van der Waals surface area contributed by atoms with E-state index >= 15 is 0 Å². The second-order valence-corrected chi connectivity index (χ2v) is 5.25. The van der Waals surface area contributed by atoms with Gasteiger partial charge in [0.05, 0.1) is 6.10 Å². The molecule has 1 aromatic rings. The van der Waals surface area contributed by atoms with Crippen molar-refractivity contribution in [2.45, 2.75) is 44.2 Å². The molecule has 2 atom stereocenters. The van der Waals surface area contributed by atoms with Crippen molar-refractivity contribution in [3.63, 3.8) is 0 Å². The van der Waals surface area contributed by atoms with Gasteiger partial charge in [0, 0.05) is 10.9 Å². The summed E-state index contributed by atoms with van der Waals surface area (Å²) in [5, 5.41) is 15.6. The molecule has 2 nitrogen and oxygen atoms in total. The van der Waals surface area contributed by atoms with Crippen LogP contribution in [0.25, 0.3) is 0 Å². The number of hydrogen-bond acceptors (Lipinski definition) is 3. The fourth-order valence-electron chi connectivity index (χ4n) is 2.17. The maximum absolute atomic E-state index is 10.0. The first-order chi connectivity index (χ1) is 7.36. The highest BCUT2D eigenvalue weighted by molar-refractivity contribution is 7.10. The Bertz CT molecular complexity index is 265. The lowest BCUT2D eigenvalue weighted by Crippen LogP contribution is -2.29. The predicted octanol–water partition coefficient (Wildman–Crippen LogP) is 2.70. The van der Waals surface area contributed by atoms with Crippen LogP contribution >= 0.6 is 11.3 Å². The summed E-state index contributed by atoms with van der Waals surface area (Å²) in [6, 6.07) is 4.53. The van der Waals surface area contributed by atoms with E-state index in [1.165, 1.54) is 25.7 Å². The fourth-order valence-corrected chi connectivity index (χ4v) is 2.89. The van der Waals surface area contributed by atoms with Gasteiger partial charge in [0.1, 0.15) is 0 Å². The smallest absolute Gasteiger partial charge is 0.0896 e. The van der Waals surface area contributed by atoms with Crippen LogP contribution in [-0.2, 0) is 0 Å². The molecule has 0 unspecified atom stereocenters. The normalized spacial score (nSPS) is 24.7. The summed E-state index contributed by atoms with van der Waals surface area (Å²) in [7, 11) is 0. The molecule has 0 amide bonds. The van der Waals surface area contributed by atoms with E-state index in [4.69, 9.17) is 0 Å². The first-order valence-corrected chi connectivity index (χ1v) is 6.69. The molecule has 2 N–H and O–H groups in total. The summed E-state index contributed by atoms with van der Waals surface area (Å²) in [5.74, 6) is 0. The molecule has 1 aromatic heterocycles. The predicted molar refractivity (Wildman–Crippen MR) is 64.2 cm³/mol. The largest absolute Gasteiger partial charge is 0.388 e. The number of aliphatic hydroxyl groups is 1. The zero-order valence-electron chi connectivity index (χ0n) is 8.98. The lowest BCUT2D eigenvalue weighted by Gasteiger charge is -2.18. The number of nitrogens with one attached hydrogen (secondary N) is 1. The molecule has 0 radical (unpaired) electrons. The summed E-state index contributed by atoms with van der Waals surface area (Å²) >= 11 is 1.65. The highest BCUT2D eigenvalue weighted by atomic mass is 32.1. The van der Waals surface area contributed by atoms with Crippen molar-refractivity contribution in [2.24, 2.45) is 0 Å². The maximum atomic E-state index is 10.0. The molecule has 1 saturated heterocycles. The summed E-state index contributed by atoms with van der Waals surface area (Å²) in [6.07, 6.45) is 5.71. The van der Waals surface area contributed by atoms with Crippen LogP contribution in [0.5, 0.6) is 0 Å². The van der Waals surface area contributed by atoms with Crippen molar-refractivity contribution in [3.8, 4) is 0 Å². The Morgan fingerprint density at radius 2 is 2.40 bits per heavy atom. The molecule has 0 aliphatic carbocycles. The van der Waals surface area contributed by atoms with E-state index in [0.717, 1.165) is 17.8 Å². The van der Waals surface area contributed by atoms with E-state index in [9.17, 15) is 5.11 Å². The van der Waals surface area contributed by atoms with E-state index in [-0.39, 0.29) is 6.10 Å². The molecule has 1 aliphatic rings. The average Bonchev–Trinajstić information content (AvgIpc) is 2.65. The Labute approximate surface area is 95.3 Å². The van der Waals surface area contributed by atoms with Crippen LogP contribution in [0.3, 0.4) is 0 Å². The molecule has 2 heterocycles. The number of thiophene rings is 1. The van der Waals surface area contributed by atoms with E-state index in [1.807, 2.05) is 17.5 Å². The first kappa shape index (κ1) is 11.1. The van der Waals surface area contributed by atoms with Crippen LogP contribution < -0.4 is 5.32 Å². The Morgan fingerprint density at radius 3 is 3.20 bits per heavy atom. The molecule has 15 heavy (non-hydrogen) atoms. The number of aliphatic hydroxyl groups excluding tert-OH is 1. The van der Waals surface area contributed by atoms with E-state index < -0.39 is 0 Å². The lowest BCUT2D eigenvalue weighted by atomic mass is 10.0. The van der Waals surface area contributed by atoms with Crippen LogP contribution in [-0.4, -0.2) is 17.7 Å². The fraction of sp³-hybridized carbons (Fsp3) is 0.667. The molecular weight excluding hydrogens is 206 g/mol. The maximum Gasteiger partial charge on any atom is 0.0896 e.